The van der Waals surface area contributed by atoms with Crippen LogP contribution in [0.4, 0.5) is 5.69 Å². The van der Waals surface area contributed by atoms with E-state index in [4.69, 9.17) is 17.3 Å². The number of hydrogen-bond donors (Lipinski definition) is 1. The summed E-state index contributed by atoms with van der Waals surface area (Å²) >= 11 is 5.85. The molecule has 0 heterocycles. The number of carbonyl (C=O) groups is 1. The fourth-order valence-corrected chi connectivity index (χ4v) is 2.23. The average molecular weight is 289 g/mol. The summed E-state index contributed by atoms with van der Waals surface area (Å²) in [5, 5.41) is 0.526. The van der Waals surface area contributed by atoms with Crippen LogP contribution < -0.4 is 5.73 Å². The minimum atomic E-state index is -0.115. The van der Waals surface area contributed by atoms with Crippen LogP contribution in [0.1, 0.15) is 28.9 Å². The second kappa shape index (κ2) is 5.97. The highest BCUT2D eigenvalue weighted by molar-refractivity contribution is 6.31. The molecule has 0 aliphatic rings. The lowest BCUT2D eigenvalue weighted by Crippen LogP contribution is -2.30. The zero-order chi connectivity index (χ0) is 14.7. The van der Waals surface area contributed by atoms with Gasteiger partial charge in [-0.25, -0.2) is 0 Å². The van der Waals surface area contributed by atoms with E-state index in [0.29, 0.717) is 16.3 Å². The van der Waals surface area contributed by atoms with Crippen molar-refractivity contribution in [2.24, 2.45) is 0 Å². The van der Waals surface area contributed by atoms with Crippen molar-refractivity contribution in [1.29, 1.82) is 0 Å². The topological polar surface area (TPSA) is 46.3 Å². The van der Waals surface area contributed by atoms with Crippen LogP contribution in [0.5, 0.6) is 0 Å². The van der Waals surface area contributed by atoms with Gasteiger partial charge in [0.2, 0.25) is 0 Å². The number of halogens is 1. The highest BCUT2D eigenvalue weighted by Crippen LogP contribution is 2.24. The Morgan fingerprint density at radius 3 is 2.45 bits per heavy atom. The van der Waals surface area contributed by atoms with Gasteiger partial charge < -0.3 is 10.6 Å². The van der Waals surface area contributed by atoms with Crippen LogP contribution in [0.3, 0.4) is 0 Å². The number of rotatable bonds is 3. The van der Waals surface area contributed by atoms with Crippen molar-refractivity contribution in [3.8, 4) is 0 Å². The fourth-order valence-electron chi connectivity index (χ4n) is 2.05. The molecule has 3 nitrogen and oxygen atoms in total. The largest absolute Gasteiger partial charge is 0.398 e. The van der Waals surface area contributed by atoms with Gasteiger partial charge in [-0.2, -0.15) is 0 Å². The number of nitrogen functional groups attached to an aromatic ring is 1. The Hall–Kier alpha value is -2.00. The molecule has 0 aromatic heterocycles. The van der Waals surface area contributed by atoms with Gasteiger partial charge in [-0.3, -0.25) is 4.79 Å². The summed E-state index contributed by atoms with van der Waals surface area (Å²) in [5.74, 6) is -0.115. The van der Waals surface area contributed by atoms with E-state index in [9.17, 15) is 4.79 Å². The Kier molecular flexibility index (Phi) is 4.30. The number of benzene rings is 2. The molecule has 0 saturated carbocycles. The molecule has 0 bridgehead atoms. The zero-order valence-corrected chi connectivity index (χ0v) is 12.3. The monoisotopic (exact) mass is 288 g/mol. The maximum atomic E-state index is 12.5. The zero-order valence-electron chi connectivity index (χ0n) is 11.5. The van der Waals surface area contributed by atoms with E-state index in [1.807, 2.05) is 37.3 Å². The number of amides is 1. The standard InChI is InChI=1S/C16H17ClN2O/c1-11(12-6-4-3-5-7-12)19(2)16(20)14-9-8-13(17)10-15(14)18/h3-11H,18H2,1-2H3. The predicted octanol–water partition coefficient (Wildman–Crippen LogP) is 3.76. The Morgan fingerprint density at radius 2 is 1.85 bits per heavy atom. The molecule has 1 unspecified atom stereocenters. The molecule has 0 spiro atoms. The lowest BCUT2D eigenvalue weighted by Gasteiger charge is -2.26. The molecule has 4 heteroatoms. The van der Waals surface area contributed by atoms with Crippen LogP contribution in [-0.4, -0.2) is 17.9 Å². The molecular weight excluding hydrogens is 272 g/mol. The minimum absolute atomic E-state index is 0.0289. The van der Waals surface area contributed by atoms with Crippen LogP contribution in [-0.2, 0) is 0 Å². The van der Waals surface area contributed by atoms with E-state index in [2.05, 4.69) is 0 Å². The van der Waals surface area contributed by atoms with Crippen molar-refractivity contribution >= 4 is 23.2 Å². The van der Waals surface area contributed by atoms with Crippen molar-refractivity contribution in [3.05, 3.63) is 64.7 Å². The molecule has 2 aromatic carbocycles. The van der Waals surface area contributed by atoms with Gasteiger partial charge in [0.15, 0.2) is 0 Å². The Bertz CT molecular complexity index is 613. The maximum Gasteiger partial charge on any atom is 0.256 e. The van der Waals surface area contributed by atoms with E-state index in [0.717, 1.165) is 5.56 Å². The highest BCUT2D eigenvalue weighted by Gasteiger charge is 2.20. The fraction of sp³-hybridized carbons (Fsp3) is 0.188. The summed E-state index contributed by atoms with van der Waals surface area (Å²) in [6.07, 6.45) is 0. The van der Waals surface area contributed by atoms with Crippen LogP contribution in [0, 0.1) is 0 Å². The van der Waals surface area contributed by atoms with Gasteiger partial charge in [0.1, 0.15) is 0 Å². The lowest BCUT2D eigenvalue weighted by atomic mass is 10.1. The van der Waals surface area contributed by atoms with Gasteiger partial charge in [0.25, 0.3) is 5.91 Å². The van der Waals surface area contributed by atoms with Crippen LogP contribution in [0.15, 0.2) is 48.5 Å². The molecule has 1 atom stereocenters. The minimum Gasteiger partial charge on any atom is -0.398 e. The Morgan fingerprint density at radius 1 is 1.20 bits per heavy atom. The van der Waals surface area contributed by atoms with Gasteiger partial charge in [-0.1, -0.05) is 41.9 Å². The van der Waals surface area contributed by atoms with E-state index < -0.39 is 0 Å². The second-order valence-corrected chi connectivity index (χ2v) is 5.17. The highest BCUT2D eigenvalue weighted by atomic mass is 35.5. The quantitative estimate of drug-likeness (QED) is 0.874. The third-order valence-corrected chi connectivity index (χ3v) is 3.66. The number of carbonyl (C=O) groups excluding carboxylic acids is 1. The van der Waals surface area contributed by atoms with Crippen LogP contribution >= 0.6 is 11.6 Å². The first-order valence-corrected chi connectivity index (χ1v) is 6.75. The van der Waals surface area contributed by atoms with Gasteiger partial charge in [0, 0.05) is 17.8 Å². The molecule has 0 aliphatic heterocycles. The third kappa shape index (κ3) is 2.94. The van der Waals surface area contributed by atoms with Gasteiger partial charge in [-0.05, 0) is 30.7 Å². The first kappa shape index (κ1) is 14.4. The van der Waals surface area contributed by atoms with E-state index in [-0.39, 0.29) is 11.9 Å². The normalized spacial score (nSPS) is 11.9. The average Bonchev–Trinajstić information content (AvgIpc) is 2.46. The molecule has 2 aromatic rings. The first-order valence-electron chi connectivity index (χ1n) is 6.38. The van der Waals surface area contributed by atoms with E-state index in [1.54, 1.807) is 30.1 Å². The number of hydrogen-bond acceptors (Lipinski definition) is 2. The maximum absolute atomic E-state index is 12.5. The van der Waals surface area contributed by atoms with Crippen molar-refractivity contribution in [2.45, 2.75) is 13.0 Å². The summed E-state index contributed by atoms with van der Waals surface area (Å²) in [4.78, 5) is 14.2. The van der Waals surface area contributed by atoms with Crippen LogP contribution in [0.2, 0.25) is 5.02 Å². The van der Waals surface area contributed by atoms with Crippen molar-refractivity contribution in [3.63, 3.8) is 0 Å². The molecule has 1 amide bonds. The molecule has 0 aliphatic carbocycles. The molecule has 20 heavy (non-hydrogen) atoms. The van der Waals surface area contributed by atoms with Crippen molar-refractivity contribution < 1.29 is 4.79 Å². The summed E-state index contributed by atoms with van der Waals surface area (Å²) in [5.41, 5.74) is 7.82. The summed E-state index contributed by atoms with van der Waals surface area (Å²) < 4.78 is 0. The molecule has 2 N–H and O–H groups in total. The molecule has 0 fully saturated rings. The first-order chi connectivity index (χ1) is 9.50. The molecule has 0 saturated heterocycles. The van der Waals surface area contributed by atoms with Gasteiger partial charge in [0.05, 0.1) is 11.6 Å². The summed E-state index contributed by atoms with van der Waals surface area (Å²) in [6.45, 7) is 1.99. The molecule has 2 rings (SSSR count). The summed E-state index contributed by atoms with van der Waals surface area (Å²) in [7, 11) is 1.77. The lowest BCUT2D eigenvalue weighted by molar-refractivity contribution is 0.0743. The smallest absolute Gasteiger partial charge is 0.256 e. The third-order valence-electron chi connectivity index (χ3n) is 3.43. The number of nitrogens with two attached hydrogens (primary N) is 1. The van der Waals surface area contributed by atoms with Crippen molar-refractivity contribution in [2.75, 3.05) is 12.8 Å². The summed E-state index contributed by atoms with van der Waals surface area (Å²) in [6, 6.07) is 14.8. The Labute approximate surface area is 124 Å². The second-order valence-electron chi connectivity index (χ2n) is 4.73. The molecule has 0 radical (unpaired) electrons. The van der Waals surface area contributed by atoms with E-state index >= 15 is 0 Å². The van der Waals surface area contributed by atoms with Gasteiger partial charge in [-0.15, -0.1) is 0 Å². The van der Waals surface area contributed by atoms with Crippen LogP contribution in [0.25, 0.3) is 0 Å². The number of anilines is 1. The molecule has 104 valence electrons. The number of nitrogens with zero attached hydrogens (tertiary/aromatic N) is 1. The van der Waals surface area contributed by atoms with Gasteiger partial charge >= 0.3 is 0 Å². The molecular formula is C16H17ClN2O. The van der Waals surface area contributed by atoms with E-state index in [1.165, 1.54) is 0 Å². The predicted molar refractivity (Wildman–Crippen MR) is 82.8 cm³/mol. The SMILES string of the molecule is CC(c1ccccc1)N(C)C(=O)c1ccc(Cl)cc1N. The Balaban J connectivity index is 2.24. The van der Waals surface area contributed by atoms with Crippen molar-refractivity contribution in [1.82, 2.24) is 4.90 Å².